The maximum absolute atomic E-state index is 12.6. The number of hydrogen-bond donors (Lipinski definition) is 1. The second kappa shape index (κ2) is 12.9. The molecule has 200 valence electrons. The summed E-state index contributed by atoms with van der Waals surface area (Å²) in [6.45, 7) is 1.28. The number of carbonyl (C=O) groups is 2. The van der Waals surface area contributed by atoms with Gasteiger partial charge in [0.2, 0.25) is 5.75 Å². The summed E-state index contributed by atoms with van der Waals surface area (Å²) in [6, 6.07) is 20.1. The van der Waals surface area contributed by atoms with Crippen LogP contribution in [-0.2, 0) is 9.59 Å². The van der Waals surface area contributed by atoms with Gasteiger partial charge in [0, 0.05) is 28.8 Å². The van der Waals surface area contributed by atoms with E-state index in [9.17, 15) is 9.59 Å². The minimum absolute atomic E-state index is 0.0426. The summed E-state index contributed by atoms with van der Waals surface area (Å²) in [4.78, 5) is 24.0. The van der Waals surface area contributed by atoms with Crippen molar-refractivity contribution in [1.82, 2.24) is 20.2 Å². The fraction of sp³-hybridized carbons (Fsp3) is 0.148. The SMILES string of the molecule is COc1cc(C=NNC(=O)CSc2nnc(-c3ccc(Cl)cc3)n2-c2ccccc2)cc(OC)c1OC(C)=O. The van der Waals surface area contributed by atoms with E-state index in [2.05, 4.69) is 20.7 Å². The molecule has 10 nitrogen and oxygen atoms in total. The first-order chi connectivity index (χ1) is 18.9. The van der Waals surface area contributed by atoms with Crippen LogP contribution in [0.15, 0.2) is 77.0 Å². The van der Waals surface area contributed by atoms with E-state index >= 15 is 0 Å². The van der Waals surface area contributed by atoms with Gasteiger partial charge in [0.1, 0.15) is 0 Å². The van der Waals surface area contributed by atoms with Crippen LogP contribution in [0.5, 0.6) is 17.2 Å². The quantitative estimate of drug-likeness (QED) is 0.0960. The number of esters is 1. The first kappa shape index (κ1) is 27.7. The van der Waals surface area contributed by atoms with Gasteiger partial charge >= 0.3 is 5.97 Å². The van der Waals surface area contributed by atoms with Gasteiger partial charge in [-0.1, -0.05) is 41.6 Å². The number of hydrogen-bond acceptors (Lipinski definition) is 9. The Labute approximate surface area is 233 Å². The van der Waals surface area contributed by atoms with E-state index in [1.165, 1.54) is 39.1 Å². The van der Waals surface area contributed by atoms with Gasteiger partial charge in [-0.3, -0.25) is 14.2 Å². The van der Waals surface area contributed by atoms with Gasteiger partial charge in [0.05, 0.1) is 26.2 Å². The third-order valence-corrected chi connectivity index (χ3v) is 6.40. The molecular formula is C27H24ClN5O5S. The van der Waals surface area contributed by atoms with Crippen molar-refractivity contribution in [3.63, 3.8) is 0 Å². The lowest BCUT2D eigenvalue weighted by atomic mass is 10.2. The van der Waals surface area contributed by atoms with Crippen LogP contribution in [0.25, 0.3) is 17.1 Å². The summed E-state index contributed by atoms with van der Waals surface area (Å²) in [5.74, 6) is 0.531. The number of carbonyl (C=O) groups excluding carboxylic acids is 2. The number of para-hydroxylation sites is 1. The minimum atomic E-state index is -0.513. The molecule has 4 aromatic rings. The second-order valence-corrected chi connectivity index (χ2v) is 9.29. The standard InChI is InChI=1S/C27H24ClN5O5S/c1-17(34)38-25-22(36-2)13-18(14-23(25)37-3)15-29-30-24(35)16-39-27-32-31-26(19-9-11-20(28)12-10-19)33(27)21-7-5-4-6-8-21/h4-15H,16H2,1-3H3,(H,30,35). The summed E-state index contributed by atoms with van der Waals surface area (Å²) in [5.41, 5.74) is 4.75. The molecular weight excluding hydrogens is 542 g/mol. The average molecular weight is 566 g/mol. The lowest BCUT2D eigenvalue weighted by Gasteiger charge is -2.13. The van der Waals surface area contributed by atoms with E-state index in [1.54, 1.807) is 24.3 Å². The van der Waals surface area contributed by atoms with Crippen molar-refractivity contribution in [2.45, 2.75) is 12.1 Å². The van der Waals surface area contributed by atoms with Crippen molar-refractivity contribution >= 4 is 41.5 Å². The molecule has 1 heterocycles. The van der Waals surface area contributed by atoms with Crippen LogP contribution < -0.4 is 19.6 Å². The molecule has 0 saturated heterocycles. The summed E-state index contributed by atoms with van der Waals surface area (Å²) in [6.07, 6.45) is 1.43. The maximum atomic E-state index is 12.6. The van der Waals surface area contributed by atoms with Crippen LogP contribution >= 0.6 is 23.4 Å². The Bertz CT molecular complexity index is 1470. The number of rotatable bonds is 10. The molecule has 0 aliphatic carbocycles. The zero-order valence-electron chi connectivity index (χ0n) is 21.3. The summed E-state index contributed by atoms with van der Waals surface area (Å²) < 4.78 is 17.7. The molecule has 0 radical (unpaired) electrons. The number of thioether (sulfide) groups is 1. The topological polar surface area (TPSA) is 117 Å². The van der Waals surface area contributed by atoms with E-state index in [4.69, 9.17) is 25.8 Å². The smallest absolute Gasteiger partial charge is 0.308 e. The Morgan fingerprint density at radius 3 is 2.31 bits per heavy atom. The molecule has 0 spiro atoms. The highest BCUT2D eigenvalue weighted by Gasteiger charge is 2.18. The predicted octanol–water partition coefficient (Wildman–Crippen LogP) is 4.77. The molecule has 1 N–H and O–H groups in total. The van der Waals surface area contributed by atoms with Gasteiger partial charge in [-0.2, -0.15) is 5.10 Å². The summed E-state index contributed by atoms with van der Waals surface area (Å²) >= 11 is 7.27. The van der Waals surface area contributed by atoms with Crippen molar-refractivity contribution in [2.75, 3.05) is 20.0 Å². The van der Waals surface area contributed by atoms with Gasteiger partial charge in [0.25, 0.3) is 5.91 Å². The number of hydrazone groups is 1. The van der Waals surface area contributed by atoms with Crippen molar-refractivity contribution < 1.29 is 23.8 Å². The van der Waals surface area contributed by atoms with Crippen molar-refractivity contribution in [1.29, 1.82) is 0 Å². The van der Waals surface area contributed by atoms with Gasteiger partial charge in [-0.05, 0) is 48.5 Å². The van der Waals surface area contributed by atoms with Crippen LogP contribution in [0.4, 0.5) is 0 Å². The summed E-state index contributed by atoms with van der Waals surface area (Å²) in [5, 5.41) is 13.9. The number of amides is 1. The summed E-state index contributed by atoms with van der Waals surface area (Å²) in [7, 11) is 2.88. The normalized spacial score (nSPS) is 10.9. The van der Waals surface area contributed by atoms with Crippen molar-refractivity contribution in [2.24, 2.45) is 5.10 Å². The number of nitrogens with zero attached hydrogens (tertiary/aromatic N) is 4. The Hall–Kier alpha value is -4.35. The molecule has 1 aromatic heterocycles. The van der Waals surface area contributed by atoms with E-state index < -0.39 is 5.97 Å². The monoisotopic (exact) mass is 565 g/mol. The van der Waals surface area contributed by atoms with Crippen molar-refractivity contribution in [3.8, 4) is 34.3 Å². The van der Waals surface area contributed by atoms with E-state index in [1.807, 2.05) is 47.0 Å². The molecule has 39 heavy (non-hydrogen) atoms. The number of halogens is 1. The van der Waals surface area contributed by atoms with Gasteiger partial charge in [-0.15, -0.1) is 10.2 Å². The second-order valence-electron chi connectivity index (χ2n) is 7.91. The molecule has 0 fully saturated rings. The molecule has 3 aromatic carbocycles. The molecule has 0 aliphatic rings. The molecule has 4 rings (SSSR count). The number of methoxy groups -OCH3 is 2. The lowest BCUT2D eigenvalue weighted by Crippen LogP contribution is -2.20. The number of benzene rings is 3. The van der Waals surface area contributed by atoms with Crippen molar-refractivity contribution in [3.05, 3.63) is 77.3 Å². The van der Waals surface area contributed by atoms with Crippen LogP contribution in [0.2, 0.25) is 5.02 Å². The lowest BCUT2D eigenvalue weighted by molar-refractivity contribution is -0.132. The molecule has 0 unspecified atom stereocenters. The van der Waals surface area contributed by atoms with Crippen LogP contribution in [-0.4, -0.2) is 52.8 Å². The molecule has 0 atom stereocenters. The first-order valence-corrected chi connectivity index (χ1v) is 12.9. The number of nitrogens with one attached hydrogen (secondary N) is 1. The first-order valence-electron chi connectivity index (χ1n) is 11.6. The van der Waals surface area contributed by atoms with Crippen LogP contribution in [0.1, 0.15) is 12.5 Å². The van der Waals surface area contributed by atoms with Gasteiger partial charge in [-0.25, -0.2) is 5.43 Å². The third kappa shape index (κ3) is 6.95. The fourth-order valence-corrected chi connectivity index (χ4v) is 4.39. The van der Waals surface area contributed by atoms with E-state index in [0.29, 0.717) is 21.6 Å². The molecule has 1 amide bonds. The Balaban J connectivity index is 1.47. The molecule has 12 heteroatoms. The van der Waals surface area contributed by atoms with E-state index in [-0.39, 0.29) is 28.9 Å². The van der Waals surface area contributed by atoms with E-state index in [0.717, 1.165) is 11.3 Å². The molecule has 0 saturated carbocycles. The van der Waals surface area contributed by atoms with Crippen LogP contribution in [0.3, 0.4) is 0 Å². The minimum Gasteiger partial charge on any atom is -0.493 e. The molecule has 0 aliphatic heterocycles. The molecule has 0 bridgehead atoms. The Kier molecular flexibility index (Phi) is 9.18. The zero-order chi connectivity index (χ0) is 27.8. The third-order valence-electron chi connectivity index (χ3n) is 5.21. The number of aromatic nitrogens is 3. The predicted molar refractivity (Wildman–Crippen MR) is 149 cm³/mol. The van der Waals surface area contributed by atoms with Crippen LogP contribution in [0, 0.1) is 0 Å². The maximum Gasteiger partial charge on any atom is 0.308 e. The van der Waals surface area contributed by atoms with Gasteiger partial charge in [0.15, 0.2) is 22.5 Å². The largest absolute Gasteiger partial charge is 0.493 e. The average Bonchev–Trinajstić information content (AvgIpc) is 3.37. The highest BCUT2D eigenvalue weighted by atomic mass is 35.5. The highest BCUT2D eigenvalue weighted by molar-refractivity contribution is 7.99. The fourth-order valence-electron chi connectivity index (χ4n) is 3.52. The zero-order valence-corrected chi connectivity index (χ0v) is 22.8. The Morgan fingerprint density at radius 1 is 1.03 bits per heavy atom. The highest BCUT2D eigenvalue weighted by Crippen LogP contribution is 2.38. The Morgan fingerprint density at radius 2 is 1.69 bits per heavy atom. The van der Waals surface area contributed by atoms with Gasteiger partial charge < -0.3 is 14.2 Å². The number of ether oxygens (including phenoxy) is 3.